The molecular formula is C13H23NO4. The predicted molar refractivity (Wildman–Crippen MR) is 67.3 cm³/mol. The fourth-order valence-electron chi connectivity index (χ4n) is 2.52. The Labute approximate surface area is 108 Å². The summed E-state index contributed by atoms with van der Waals surface area (Å²) in [6, 6.07) is 0. The molecular weight excluding hydrogens is 234 g/mol. The fraction of sp³-hybridized carbons (Fsp3) is 0.846. The molecule has 1 amide bonds. The second-order valence-electron chi connectivity index (χ2n) is 6.20. The van der Waals surface area contributed by atoms with E-state index in [4.69, 9.17) is 9.84 Å². The van der Waals surface area contributed by atoms with Crippen molar-refractivity contribution in [2.75, 3.05) is 13.1 Å². The van der Waals surface area contributed by atoms with Crippen LogP contribution in [0.1, 0.15) is 34.6 Å². The lowest BCUT2D eigenvalue weighted by Gasteiger charge is -2.39. The predicted octanol–water partition coefficient (Wildman–Crippen LogP) is 2.21. The van der Waals surface area contributed by atoms with E-state index in [2.05, 4.69) is 0 Å². The van der Waals surface area contributed by atoms with Gasteiger partial charge in [0, 0.05) is 13.1 Å². The number of rotatable bonds is 1. The number of carboxylic acids is 1. The summed E-state index contributed by atoms with van der Waals surface area (Å²) in [5.74, 6) is -1.28. The number of ether oxygens (including phenoxy) is 1. The maximum Gasteiger partial charge on any atom is 0.410 e. The Morgan fingerprint density at radius 1 is 1.17 bits per heavy atom. The van der Waals surface area contributed by atoms with Gasteiger partial charge >= 0.3 is 12.1 Å². The molecule has 1 saturated heterocycles. The van der Waals surface area contributed by atoms with Crippen LogP contribution in [0.3, 0.4) is 0 Å². The molecule has 0 saturated carbocycles. The van der Waals surface area contributed by atoms with Crippen molar-refractivity contribution in [1.29, 1.82) is 0 Å². The van der Waals surface area contributed by atoms with Crippen LogP contribution in [-0.4, -0.2) is 40.8 Å². The van der Waals surface area contributed by atoms with Crippen molar-refractivity contribution in [3.8, 4) is 0 Å². The highest BCUT2D eigenvalue weighted by molar-refractivity contribution is 5.72. The highest BCUT2D eigenvalue weighted by Gasteiger charge is 2.39. The van der Waals surface area contributed by atoms with E-state index in [9.17, 15) is 9.59 Å². The normalized spacial score (nSPS) is 28.9. The molecule has 0 aromatic carbocycles. The summed E-state index contributed by atoms with van der Waals surface area (Å²) in [5.41, 5.74) is -0.521. The zero-order valence-electron chi connectivity index (χ0n) is 11.8. The van der Waals surface area contributed by atoms with E-state index < -0.39 is 11.6 Å². The number of nitrogens with zero attached hydrogens (tertiary/aromatic N) is 1. The van der Waals surface area contributed by atoms with Crippen molar-refractivity contribution >= 4 is 12.1 Å². The molecule has 0 aliphatic carbocycles. The Morgan fingerprint density at radius 3 is 1.94 bits per heavy atom. The van der Waals surface area contributed by atoms with Crippen LogP contribution in [0.4, 0.5) is 4.79 Å². The Kier molecular flexibility index (Phi) is 4.24. The summed E-state index contributed by atoms with van der Waals surface area (Å²) in [4.78, 5) is 24.7. The zero-order chi connectivity index (χ0) is 14.1. The van der Waals surface area contributed by atoms with Crippen molar-refractivity contribution in [1.82, 2.24) is 4.90 Å². The molecule has 1 N–H and O–H groups in total. The Hall–Kier alpha value is -1.26. The van der Waals surface area contributed by atoms with Gasteiger partial charge < -0.3 is 14.7 Å². The van der Waals surface area contributed by atoms with E-state index in [-0.39, 0.29) is 23.8 Å². The topological polar surface area (TPSA) is 66.8 Å². The second kappa shape index (κ2) is 5.16. The molecule has 1 rings (SSSR count). The van der Waals surface area contributed by atoms with Crippen molar-refractivity contribution in [2.45, 2.75) is 40.2 Å². The molecule has 0 bridgehead atoms. The van der Waals surface area contributed by atoms with E-state index in [1.807, 2.05) is 34.6 Å². The van der Waals surface area contributed by atoms with Gasteiger partial charge in [0.05, 0.1) is 5.92 Å². The minimum Gasteiger partial charge on any atom is -0.481 e. The van der Waals surface area contributed by atoms with Crippen LogP contribution in [0.15, 0.2) is 0 Å². The van der Waals surface area contributed by atoms with Gasteiger partial charge in [0.1, 0.15) is 5.60 Å². The number of aliphatic carboxylic acids is 1. The van der Waals surface area contributed by atoms with E-state index in [0.29, 0.717) is 13.1 Å². The van der Waals surface area contributed by atoms with Gasteiger partial charge in [0.15, 0.2) is 0 Å². The minimum absolute atomic E-state index is 0.0567. The standard InChI is InChI=1S/C13H23NO4/c1-8-6-14(12(17)18-13(3,4)5)7-9(2)10(8)11(15)16/h8-10H,6-7H2,1-5H3,(H,15,16)/t8-,9+,10?. The lowest BCUT2D eigenvalue weighted by molar-refractivity contribution is -0.148. The number of piperidine rings is 1. The minimum atomic E-state index is -0.779. The first-order chi connectivity index (χ1) is 8.11. The van der Waals surface area contributed by atoms with Crippen molar-refractivity contribution in [2.24, 2.45) is 17.8 Å². The number of hydrogen-bond acceptors (Lipinski definition) is 3. The molecule has 1 aliphatic rings. The van der Waals surface area contributed by atoms with Gasteiger partial charge in [-0.15, -0.1) is 0 Å². The molecule has 5 heteroatoms. The lowest BCUT2D eigenvalue weighted by Crippen LogP contribution is -2.50. The Balaban J connectivity index is 2.68. The molecule has 0 spiro atoms. The van der Waals surface area contributed by atoms with Crippen LogP contribution in [0.2, 0.25) is 0 Å². The quantitative estimate of drug-likeness (QED) is 0.782. The summed E-state index contributed by atoms with van der Waals surface area (Å²) in [6.07, 6.45) is -0.356. The number of likely N-dealkylation sites (tertiary alicyclic amines) is 1. The van der Waals surface area contributed by atoms with Crippen LogP contribution in [0, 0.1) is 17.8 Å². The zero-order valence-corrected chi connectivity index (χ0v) is 11.8. The average Bonchev–Trinajstić information content (AvgIpc) is 2.12. The summed E-state index contributed by atoms with van der Waals surface area (Å²) in [5, 5.41) is 9.16. The van der Waals surface area contributed by atoms with Crippen molar-refractivity contribution < 1.29 is 19.4 Å². The van der Waals surface area contributed by atoms with Gasteiger partial charge in [-0.25, -0.2) is 4.79 Å². The Bertz CT molecular complexity index is 322. The number of hydrogen-bond donors (Lipinski definition) is 1. The van der Waals surface area contributed by atoms with E-state index in [1.165, 1.54) is 0 Å². The van der Waals surface area contributed by atoms with Gasteiger partial charge in [-0.05, 0) is 32.6 Å². The van der Waals surface area contributed by atoms with Crippen LogP contribution in [0.5, 0.6) is 0 Å². The lowest BCUT2D eigenvalue weighted by atomic mass is 9.80. The summed E-state index contributed by atoms with van der Waals surface area (Å²) in [6.45, 7) is 10.1. The summed E-state index contributed by atoms with van der Waals surface area (Å²) in [7, 11) is 0. The average molecular weight is 257 g/mol. The number of carboxylic acid groups (broad SMARTS) is 1. The number of carbonyl (C=O) groups excluding carboxylic acids is 1. The molecule has 1 unspecified atom stereocenters. The maximum absolute atomic E-state index is 11.9. The van der Waals surface area contributed by atoms with Crippen LogP contribution >= 0.6 is 0 Å². The molecule has 1 heterocycles. The van der Waals surface area contributed by atoms with Crippen molar-refractivity contribution in [3.05, 3.63) is 0 Å². The third-order valence-electron chi connectivity index (χ3n) is 3.18. The van der Waals surface area contributed by atoms with Crippen LogP contribution in [0.25, 0.3) is 0 Å². The highest BCUT2D eigenvalue weighted by Crippen LogP contribution is 2.29. The van der Waals surface area contributed by atoms with Gasteiger partial charge in [-0.1, -0.05) is 13.8 Å². The van der Waals surface area contributed by atoms with Gasteiger partial charge in [0.2, 0.25) is 0 Å². The summed E-state index contributed by atoms with van der Waals surface area (Å²) >= 11 is 0. The van der Waals surface area contributed by atoms with E-state index >= 15 is 0 Å². The van der Waals surface area contributed by atoms with Gasteiger partial charge in [-0.3, -0.25) is 4.79 Å². The largest absolute Gasteiger partial charge is 0.481 e. The van der Waals surface area contributed by atoms with Crippen LogP contribution < -0.4 is 0 Å². The number of amides is 1. The monoisotopic (exact) mass is 257 g/mol. The molecule has 5 nitrogen and oxygen atoms in total. The molecule has 3 atom stereocenters. The van der Waals surface area contributed by atoms with E-state index in [0.717, 1.165) is 0 Å². The number of carbonyl (C=O) groups is 2. The van der Waals surface area contributed by atoms with Crippen LogP contribution in [-0.2, 0) is 9.53 Å². The highest BCUT2D eigenvalue weighted by atomic mass is 16.6. The summed E-state index contributed by atoms with van der Waals surface area (Å²) < 4.78 is 5.31. The molecule has 0 radical (unpaired) electrons. The molecule has 0 aromatic rings. The fourth-order valence-corrected chi connectivity index (χ4v) is 2.52. The first kappa shape index (κ1) is 14.8. The first-order valence-corrected chi connectivity index (χ1v) is 6.32. The molecule has 104 valence electrons. The third kappa shape index (κ3) is 3.62. The Morgan fingerprint density at radius 2 is 1.61 bits per heavy atom. The molecule has 1 fully saturated rings. The first-order valence-electron chi connectivity index (χ1n) is 6.32. The molecule has 1 aliphatic heterocycles. The SMILES string of the molecule is C[C@@H]1CN(C(=O)OC(C)(C)C)C[C@H](C)C1C(=O)O. The third-order valence-corrected chi connectivity index (χ3v) is 3.18. The molecule has 0 aromatic heterocycles. The maximum atomic E-state index is 11.9. The van der Waals surface area contributed by atoms with E-state index in [1.54, 1.807) is 4.90 Å². The van der Waals surface area contributed by atoms with Crippen molar-refractivity contribution in [3.63, 3.8) is 0 Å². The molecule has 18 heavy (non-hydrogen) atoms. The van der Waals surface area contributed by atoms with Gasteiger partial charge in [0.25, 0.3) is 0 Å². The second-order valence-corrected chi connectivity index (χ2v) is 6.20. The van der Waals surface area contributed by atoms with Gasteiger partial charge in [-0.2, -0.15) is 0 Å². The smallest absolute Gasteiger partial charge is 0.410 e.